The molecule has 2 aromatic rings. The molecule has 154 valence electrons. The lowest BCUT2D eigenvalue weighted by Crippen LogP contribution is -2.22. The average molecular weight is 398 g/mol. The van der Waals surface area contributed by atoms with Crippen molar-refractivity contribution in [2.24, 2.45) is 5.92 Å². The molecule has 0 spiro atoms. The number of benzene rings is 2. The number of amides is 1. The molecule has 0 unspecified atom stereocenters. The number of rotatable bonds is 8. The van der Waals surface area contributed by atoms with Gasteiger partial charge in [-0.15, -0.1) is 0 Å². The van der Waals surface area contributed by atoms with Crippen molar-refractivity contribution in [3.05, 3.63) is 59.7 Å². The summed E-state index contributed by atoms with van der Waals surface area (Å²) in [4.78, 5) is 38.5. The first-order valence-electron chi connectivity index (χ1n) is 9.29. The van der Waals surface area contributed by atoms with Gasteiger partial charge in [0.05, 0.1) is 13.2 Å². The topological polar surface area (TPSA) is 84.9 Å². The van der Waals surface area contributed by atoms with E-state index in [0.29, 0.717) is 11.3 Å². The molecule has 2 rings (SSSR count). The van der Waals surface area contributed by atoms with E-state index in [1.54, 1.807) is 55.4 Å². The summed E-state index contributed by atoms with van der Waals surface area (Å²) in [5.74, 6) is -0.333. The third-order valence-corrected chi connectivity index (χ3v) is 3.75. The van der Waals surface area contributed by atoms with Gasteiger partial charge in [0, 0.05) is 11.3 Å². The van der Waals surface area contributed by atoms with Gasteiger partial charge in [0.15, 0.2) is 5.78 Å². The molecule has 0 heterocycles. The van der Waals surface area contributed by atoms with Crippen LogP contribution in [0.15, 0.2) is 48.5 Å². The lowest BCUT2D eigenvalue weighted by Gasteiger charge is -2.12. The van der Waals surface area contributed by atoms with Crippen LogP contribution in [0.25, 0.3) is 0 Å². The second-order valence-corrected chi connectivity index (χ2v) is 7.24. The first kappa shape index (κ1) is 22.1. The Kier molecular flexibility index (Phi) is 7.91. The molecule has 0 aromatic heterocycles. The monoisotopic (exact) mass is 398 g/mol. The molecule has 0 radical (unpaired) electrons. The number of ketones is 1. The van der Waals surface area contributed by atoms with E-state index in [2.05, 4.69) is 5.32 Å². The van der Waals surface area contributed by atoms with Crippen molar-refractivity contribution in [3.63, 3.8) is 0 Å². The second kappa shape index (κ2) is 10.4. The minimum atomic E-state index is -0.772. The molecule has 0 saturated carbocycles. The van der Waals surface area contributed by atoms with Gasteiger partial charge in [-0.25, -0.2) is 9.59 Å². The highest BCUT2D eigenvalue weighted by molar-refractivity contribution is 5.99. The van der Waals surface area contributed by atoms with Gasteiger partial charge >= 0.3 is 12.1 Å². The number of nitrogens with zero attached hydrogens (tertiary/aromatic N) is 1. The Hall–Kier alpha value is -3.19. The predicted molar refractivity (Wildman–Crippen MR) is 111 cm³/mol. The molecule has 7 nitrogen and oxygen atoms in total. The maximum absolute atomic E-state index is 12.3. The highest BCUT2D eigenvalue weighted by atomic mass is 16.6. The molecule has 1 N–H and O–H groups in total. The molecule has 0 aliphatic carbocycles. The van der Waals surface area contributed by atoms with E-state index in [9.17, 15) is 14.4 Å². The SMILES string of the molecule is CC(C)COC(=O)c1ccccc1OC(=O)Nc1cccc(C(=O)CN(C)C)c1. The third-order valence-electron chi connectivity index (χ3n) is 3.75. The normalized spacial score (nSPS) is 10.7. The Morgan fingerprint density at radius 1 is 1.03 bits per heavy atom. The number of ether oxygens (including phenoxy) is 2. The Morgan fingerprint density at radius 2 is 1.76 bits per heavy atom. The average Bonchev–Trinajstić information content (AvgIpc) is 2.66. The van der Waals surface area contributed by atoms with Gasteiger partial charge in [0.25, 0.3) is 0 Å². The fourth-order valence-electron chi connectivity index (χ4n) is 2.44. The number of carbonyl (C=O) groups is 3. The van der Waals surface area contributed by atoms with Crippen molar-refractivity contribution in [3.8, 4) is 5.75 Å². The van der Waals surface area contributed by atoms with Crippen LogP contribution in [0.2, 0.25) is 0 Å². The molecule has 2 aromatic carbocycles. The summed E-state index contributed by atoms with van der Waals surface area (Å²) in [6.07, 6.45) is -0.772. The molecule has 0 bridgehead atoms. The maximum Gasteiger partial charge on any atom is 0.417 e. The van der Waals surface area contributed by atoms with Gasteiger partial charge in [-0.3, -0.25) is 10.1 Å². The van der Waals surface area contributed by atoms with Crippen LogP contribution in [-0.4, -0.2) is 50.0 Å². The molecule has 0 saturated heterocycles. The summed E-state index contributed by atoms with van der Waals surface area (Å²) in [6.45, 7) is 4.40. The molecule has 29 heavy (non-hydrogen) atoms. The van der Waals surface area contributed by atoms with Crippen molar-refractivity contribution in [2.75, 3.05) is 32.6 Å². The molecular formula is C22H26N2O5. The van der Waals surface area contributed by atoms with Crippen LogP contribution < -0.4 is 10.1 Å². The number of hydrogen-bond acceptors (Lipinski definition) is 6. The highest BCUT2D eigenvalue weighted by Crippen LogP contribution is 2.20. The largest absolute Gasteiger partial charge is 0.462 e. The van der Waals surface area contributed by atoms with Crippen molar-refractivity contribution in [1.29, 1.82) is 0 Å². The lowest BCUT2D eigenvalue weighted by molar-refractivity contribution is 0.0456. The van der Waals surface area contributed by atoms with Crippen LogP contribution in [0.3, 0.4) is 0 Å². The molecule has 0 atom stereocenters. The first-order chi connectivity index (χ1) is 13.8. The molecule has 0 aliphatic rings. The van der Waals surface area contributed by atoms with E-state index in [-0.39, 0.29) is 36.2 Å². The summed E-state index contributed by atoms with van der Waals surface area (Å²) in [5.41, 5.74) is 1.06. The fraction of sp³-hybridized carbons (Fsp3) is 0.318. The van der Waals surface area contributed by atoms with E-state index in [4.69, 9.17) is 9.47 Å². The summed E-state index contributed by atoms with van der Waals surface area (Å²) in [6, 6.07) is 13.0. The van der Waals surface area contributed by atoms with Crippen LogP contribution in [0.5, 0.6) is 5.75 Å². The second-order valence-electron chi connectivity index (χ2n) is 7.24. The van der Waals surface area contributed by atoms with Gasteiger partial charge in [-0.2, -0.15) is 0 Å². The molecule has 0 fully saturated rings. The Morgan fingerprint density at radius 3 is 2.45 bits per heavy atom. The van der Waals surface area contributed by atoms with E-state index < -0.39 is 12.1 Å². The number of anilines is 1. The number of hydrogen-bond donors (Lipinski definition) is 1. The number of para-hydroxylation sites is 1. The van der Waals surface area contributed by atoms with E-state index in [1.807, 2.05) is 13.8 Å². The minimum Gasteiger partial charge on any atom is -0.462 e. The fourth-order valence-corrected chi connectivity index (χ4v) is 2.44. The van der Waals surface area contributed by atoms with Gasteiger partial charge in [0.2, 0.25) is 0 Å². The number of nitrogens with one attached hydrogen (secondary N) is 1. The molecule has 7 heteroatoms. The van der Waals surface area contributed by atoms with Crippen LogP contribution >= 0.6 is 0 Å². The number of carbonyl (C=O) groups excluding carboxylic acids is 3. The van der Waals surface area contributed by atoms with Crippen LogP contribution in [-0.2, 0) is 4.74 Å². The summed E-state index contributed by atoms with van der Waals surface area (Å²) >= 11 is 0. The van der Waals surface area contributed by atoms with Crippen molar-refractivity contribution < 1.29 is 23.9 Å². The van der Waals surface area contributed by atoms with Gasteiger partial charge in [-0.1, -0.05) is 38.1 Å². The van der Waals surface area contributed by atoms with Gasteiger partial charge in [0.1, 0.15) is 11.3 Å². The highest BCUT2D eigenvalue weighted by Gasteiger charge is 2.17. The third kappa shape index (κ3) is 7.04. The number of likely N-dealkylation sites (N-methyl/N-ethyl adjacent to an activating group) is 1. The molecule has 1 amide bonds. The first-order valence-corrected chi connectivity index (χ1v) is 9.29. The van der Waals surface area contributed by atoms with E-state index >= 15 is 0 Å². The smallest absolute Gasteiger partial charge is 0.417 e. The summed E-state index contributed by atoms with van der Waals surface area (Å²) in [7, 11) is 3.61. The quantitative estimate of drug-likeness (QED) is 0.537. The number of Topliss-reactive ketones (excluding diaryl/α,β-unsaturated/α-hetero) is 1. The number of esters is 1. The van der Waals surface area contributed by atoms with E-state index in [1.165, 1.54) is 12.1 Å². The van der Waals surface area contributed by atoms with Gasteiger partial charge in [-0.05, 0) is 44.3 Å². The minimum absolute atomic E-state index is 0.0646. The Labute approximate surface area is 170 Å². The molecule has 0 aliphatic heterocycles. The lowest BCUT2D eigenvalue weighted by atomic mass is 10.1. The molecular weight excluding hydrogens is 372 g/mol. The van der Waals surface area contributed by atoms with E-state index in [0.717, 1.165) is 0 Å². The summed E-state index contributed by atoms with van der Waals surface area (Å²) < 4.78 is 10.5. The van der Waals surface area contributed by atoms with Crippen molar-refractivity contribution in [2.45, 2.75) is 13.8 Å². The zero-order valence-corrected chi connectivity index (χ0v) is 17.1. The predicted octanol–water partition coefficient (Wildman–Crippen LogP) is 3.85. The Bertz CT molecular complexity index is 877. The zero-order chi connectivity index (χ0) is 21.4. The van der Waals surface area contributed by atoms with Crippen molar-refractivity contribution in [1.82, 2.24) is 4.90 Å². The van der Waals surface area contributed by atoms with Gasteiger partial charge < -0.3 is 14.4 Å². The summed E-state index contributed by atoms with van der Waals surface area (Å²) in [5, 5.41) is 2.58. The van der Waals surface area contributed by atoms with Crippen molar-refractivity contribution >= 4 is 23.5 Å². The van der Waals surface area contributed by atoms with Crippen LogP contribution in [0.1, 0.15) is 34.6 Å². The maximum atomic E-state index is 12.3. The van der Waals surface area contributed by atoms with Crippen LogP contribution in [0, 0.1) is 5.92 Å². The van der Waals surface area contributed by atoms with Crippen LogP contribution in [0.4, 0.5) is 10.5 Å². The standard InChI is InChI=1S/C22H26N2O5/c1-15(2)14-28-21(26)18-10-5-6-11-20(18)29-22(27)23-17-9-7-8-16(12-17)19(25)13-24(3)4/h5-12,15H,13-14H2,1-4H3,(H,23,27). The zero-order valence-electron chi connectivity index (χ0n) is 17.1. The Balaban J connectivity index is 2.07.